The van der Waals surface area contributed by atoms with Gasteiger partial charge in [-0.1, -0.05) is 0 Å². The summed E-state index contributed by atoms with van der Waals surface area (Å²) >= 11 is 0. The highest BCUT2D eigenvalue weighted by Gasteiger charge is 2.26. The number of carbonyl (C=O) groups excluding carboxylic acids is 1. The fraction of sp³-hybridized carbons (Fsp3) is 0.250. The molecule has 2 aromatic heterocycles. The van der Waals surface area contributed by atoms with Crippen LogP contribution < -0.4 is 11.3 Å². The number of hydrogen-bond donors (Lipinski definition) is 1. The van der Waals surface area contributed by atoms with Gasteiger partial charge in [0.05, 0.1) is 12.2 Å². The summed E-state index contributed by atoms with van der Waals surface area (Å²) in [4.78, 5) is 33.2. The van der Waals surface area contributed by atoms with Crippen LogP contribution in [0, 0.1) is 0 Å². The lowest BCUT2D eigenvalue weighted by molar-refractivity contribution is 0.0742. The van der Waals surface area contributed by atoms with Crippen LogP contribution in [0.3, 0.4) is 0 Å². The number of nitrogens with two attached hydrogens (primary N) is 1. The molecule has 0 radical (unpaired) electrons. The summed E-state index contributed by atoms with van der Waals surface area (Å²) in [5, 5.41) is 3.95. The summed E-state index contributed by atoms with van der Waals surface area (Å²) in [6.07, 6.45) is 1.62. The number of hydrogen-bond acceptors (Lipinski definition) is 6. The lowest BCUT2D eigenvalue weighted by Crippen LogP contribution is -2.29. The molecule has 1 amide bonds. The van der Waals surface area contributed by atoms with Crippen molar-refractivity contribution in [2.45, 2.75) is 13.1 Å². The fourth-order valence-electron chi connectivity index (χ4n) is 2.09. The van der Waals surface area contributed by atoms with Gasteiger partial charge < -0.3 is 10.6 Å². The molecule has 1 aliphatic heterocycles. The molecule has 2 aromatic rings. The number of fused-ring (bicyclic) bond motifs is 1. The molecular formula is C12H12N6O2. The van der Waals surface area contributed by atoms with Crippen LogP contribution in [-0.4, -0.2) is 30.6 Å². The lowest BCUT2D eigenvalue weighted by Gasteiger charge is -2.14. The number of carbonyl (C=O) groups is 1. The molecule has 0 saturated carbocycles. The molecule has 3 rings (SSSR count). The third-order valence-electron chi connectivity index (χ3n) is 3.14. The largest absolute Gasteiger partial charge is 0.368 e. The summed E-state index contributed by atoms with van der Waals surface area (Å²) < 4.78 is 1.13. The van der Waals surface area contributed by atoms with Gasteiger partial charge in [0.15, 0.2) is 0 Å². The number of aryl methyl sites for hydroxylation is 1. The second-order valence-corrected chi connectivity index (χ2v) is 4.54. The Hall–Kier alpha value is -2.77. The van der Waals surface area contributed by atoms with Crippen molar-refractivity contribution in [3.63, 3.8) is 0 Å². The van der Waals surface area contributed by atoms with E-state index >= 15 is 0 Å². The van der Waals surface area contributed by atoms with Gasteiger partial charge in [0.2, 0.25) is 5.95 Å². The monoisotopic (exact) mass is 272 g/mol. The average molecular weight is 272 g/mol. The molecule has 0 fully saturated rings. The van der Waals surface area contributed by atoms with Gasteiger partial charge in [-0.3, -0.25) is 9.59 Å². The van der Waals surface area contributed by atoms with Crippen LogP contribution in [0.25, 0.3) is 0 Å². The van der Waals surface area contributed by atoms with E-state index < -0.39 is 0 Å². The van der Waals surface area contributed by atoms with Gasteiger partial charge in [0, 0.05) is 31.4 Å². The van der Waals surface area contributed by atoms with Crippen molar-refractivity contribution in [1.29, 1.82) is 0 Å². The molecule has 0 bridgehead atoms. The van der Waals surface area contributed by atoms with Gasteiger partial charge in [0.1, 0.15) is 5.69 Å². The second kappa shape index (κ2) is 4.41. The van der Waals surface area contributed by atoms with Crippen molar-refractivity contribution >= 4 is 11.9 Å². The molecule has 20 heavy (non-hydrogen) atoms. The summed E-state index contributed by atoms with van der Waals surface area (Å²) in [6.45, 7) is 0.782. The van der Waals surface area contributed by atoms with E-state index in [1.807, 2.05) is 0 Å². The third-order valence-corrected chi connectivity index (χ3v) is 3.14. The summed E-state index contributed by atoms with van der Waals surface area (Å²) in [6, 6.07) is 2.74. The first-order valence-electron chi connectivity index (χ1n) is 5.98. The molecule has 8 nitrogen and oxygen atoms in total. The first-order chi connectivity index (χ1) is 9.54. The van der Waals surface area contributed by atoms with E-state index in [9.17, 15) is 9.59 Å². The molecule has 102 valence electrons. The molecule has 0 aromatic carbocycles. The summed E-state index contributed by atoms with van der Waals surface area (Å²) in [5.74, 6) is -0.0598. The molecule has 0 atom stereocenters. The predicted octanol–water partition coefficient (Wildman–Crippen LogP) is -0.691. The Kier molecular flexibility index (Phi) is 2.70. The van der Waals surface area contributed by atoms with Crippen molar-refractivity contribution in [2.75, 3.05) is 5.73 Å². The number of anilines is 1. The van der Waals surface area contributed by atoms with Gasteiger partial charge in [-0.25, -0.2) is 14.6 Å². The Labute approximate surface area is 113 Å². The van der Waals surface area contributed by atoms with Gasteiger partial charge in [-0.15, -0.1) is 0 Å². The highest BCUT2D eigenvalue weighted by molar-refractivity contribution is 5.92. The van der Waals surface area contributed by atoms with E-state index in [0.717, 1.165) is 15.9 Å². The topological polar surface area (TPSA) is 107 Å². The highest BCUT2D eigenvalue weighted by atomic mass is 16.2. The number of aromatic nitrogens is 4. The van der Waals surface area contributed by atoms with E-state index in [4.69, 9.17) is 5.73 Å². The Bertz CT molecular complexity index is 754. The van der Waals surface area contributed by atoms with Crippen LogP contribution in [-0.2, 0) is 20.1 Å². The number of nitrogen functional groups attached to an aromatic ring is 1. The van der Waals surface area contributed by atoms with E-state index in [2.05, 4.69) is 15.1 Å². The fourth-order valence-corrected chi connectivity index (χ4v) is 2.09. The van der Waals surface area contributed by atoms with E-state index in [-0.39, 0.29) is 23.1 Å². The molecule has 1 aliphatic rings. The first kappa shape index (κ1) is 12.3. The highest BCUT2D eigenvalue weighted by Crippen LogP contribution is 2.21. The zero-order chi connectivity index (χ0) is 14.3. The Balaban J connectivity index is 1.87. The smallest absolute Gasteiger partial charge is 0.274 e. The van der Waals surface area contributed by atoms with Gasteiger partial charge >= 0.3 is 0 Å². The normalized spacial score (nSPS) is 13.3. The Morgan fingerprint density at radius 2 is 2.15 bits per heavy atom. The van der Waals surface area contributed by atoms with Crippen LogP contribution in [0.15, 0.2) is 23.1 Å². The van der Waals surface area contributed by atoms with Crippen LogP contribution in [0.5, 0.6) is 0 Å². The van der Waals surface area contributed by atoms with Crippen molar-refractivity contribution in [1.82, 2.24) is 24.6 Å². The molecule has 0 saturated heterocycles. The minimum absolute atomic E-state index is 0.193. The molecular weight excluding hydrogens is 260 g/mol. The molecule has 0 aliphatic carbocycles. The van der Waals surface area contributed by atoms with Crippen LogP contribution in [0.4, 0.5) is 5.95 Å². The minimum atomic E-state index is -0.259. The molecule has 8 heteroatoms. The van der Waals surface area contributed by atoms with E-state index in [0.29, 0.717) is 13.1 Å². The zero-order valence-electron chi connectivity index (χ0n) is 10.8. The Morgan fingerprint density at radius 3 is 2.90 bits per heavy atom. The predicted molar refractivity (Wildman–Crippen MR) is 69.5 cm³/mol. The standard InChI is InChI=1S/C12H12N6O2/c1-17-10(19)3-2-8(16-17)11(20)18-5-7-4-14-12(13)15-9(7)6-18/h2-4H,5-6H2,1H3,(H2,13,14,15). The Morgan fingerprint density at radius 1 is 1.35 bits per heavy atom. The molecule has 3 heterocycles. The van der Waals surface area contributed by atoms with Crippen molar-refractivity contribution in [3.8, 4) is 0 Å². The van der Waals surface area contributed by atoms with Crippen molar-refractivity contribution < 1.29 is 4.79 Å². The maximum atomic E-state index is 12.3. The van der Waals surface area contributed by atoms with Crippen LogP contribution in [0.1, 0.15) is 21.7 Å². The van der Waals surface area contributed by atoms with E-state index in [1.54, 1.807) is 11.1 Å². The molecule has 0 spiro atoms. The maximum absolute atomic E-state index is 12.3. The second-order valence-electron chi connectivity index (χ2n) is 4.54. The maximum Gasteiger partial charge on any atom is 0.274 e. The van der Waals surface area contributed by atoms with Gasteiger partial charge in [-0.05, 0) is 6.07 Å². The van der Waals surface area contributed by atoms with Gasteiger partial charge in [0.25, 0.3) is 11.5 Å². The lowest BCUT2D eigenvalue weighted by atomic mass is 10.3. The first-order valence-corrected chi connectivity index (χ1v) is 5.98. The summed E-state index contributed by atoms with van der Waals surface area (Å²) in [5.41, 5.74) is 7.11. The van der Waals surface area contributed by atoms with E-state index in [1.165, 1.54) is 19.2 Å². The van der Waals surface area contributed by atoms with Crippen LogP contribution in [0.2, 0.25) is 0 Å². The SMILES string of the molecule is Cn1nc(C(=O)N2Cc3cnc(N)nc3C2)ccc1=O. The molecule has 2 N–H and O–H groups in total. The average Bonchev–Trinajstić information content (AvgIpc) is 2.84. The number of amides is 1. The van der Waals surface area contributed by atoms with Crippen molar-refractivity contribution in [2.24, 2.45) is 7.05 Å². The number of rotatable bonds is 1. The van der Waals surface area contributed by atoms with Crippen molar-refractivity contribution in [3.05, 3.63) is 45.6 Å². The third kappa shape index (κ3) is 2.00. The van der Waals surface area contributed by atoms with Crippen LogP contribution >= 0.6 is 0 Å². The van der Waals surface area contributed by atoms with Gasteiger partial charge in [-0.2, -0.15) is 5.10 Å². The molecule has 0 unspecified atom stereocenters. The number of nitrogens with zero attached hydrogens (tertiary/aromatic N) is 5. The quantitative estimate of drug-likeness (QED) is 0.736. The summed E-state index contributed by atoms with van der Waals surface area (Å²) in [7, 11) is 1.50. The zero-order valence-corrected chi connectivity index (χ0v) is 10.8. The minimum Gasteiger partial charge on any atom is -0.368 e.